The van der Waals surface area contributed by atoms with E-state index in [2.05, 4.69) is 64.6 Å². The second-order valence-corrected chi connectivity index (χ2v) is 7.44. The first-order valence-electron chi connectivity index (χ1n) is 10.2. The van der Waals surface area contributed by atoms with E-state index in [9.17, 15) is 0 Å². The number of benzene rings is 3. The van der Waals surface area contributed by atoms with Crippen LogP contribution in [0.3, 0.4) is 0 Å². The lowest BCUT2D eigenvalue weighted by molar-refractivity contribution is 1.28. The Bertz CT molecular complexity index is 1580. The Hall–Kier alpha value is -4.31. The number of aromatic amines is 1. The summed E-state index contributed by atoms with van der Waals surface area (Å²) in [5.74, 6) is 0.752. The lowest BCUT2D eigenvalue weighted by Gasteiger charge is -2.09. The molecule has 0 aliphatic carbocycles. The molecule has 1 aliphatic heterocycles. The molecule has 6 rings (SSSR count). The third-order valence-electron chi connectivity index (χ3n) is 5.49. The number of aromatic nitrogens is 3. The minimum Gasteiger partial charge on any atom is -0.337 e. The van der Waals surface area contributed by atoms with Gasteiger partial charge in [0.1, 0.15) is 5.71 Å². The average molecular weight is 398 g/mol. The molecule has 0 amide bonds. The number of allylic oxidation sites excluding steroid dienone is 5. The largest absolute Gasteiger partial charge is 0.337 e. The van der Waals surface area contributed by atoms with Crippen LogP contribution in [-0.4, -0.2) is 20.7 Å². The summed E-state index contributed by atoms with van der Waals surface area (Å²) < 4.78 is 0. The number of fused-ring (bicyclic) bond motifs is 3. The summed E-state index contributed by atoms with van der Waals surface area (Å²) in [4.78, 5) is 17.8. The van der Waals surface area contributed by atoms with E-state index in [1.54, 1.807) is 6.20 Å². The normalized spacial score (nSPS) is 18.4. The van der Waals surface area contributed by atoms with Gasteiger partial charge in [-0.15, -0.1) is 0 Å². The SMILES string of the molecule is C1=C\C=C/C(c2nc3c(-c4cccc5nc6ccccc6cc45)cccc3[nH]2)=N\C=C/1. The summed E-state index contributed by atoms with van der Waals surface area (Å²) >= 11 is 0. The first-order valence-corrected chi connectivity index (χ1v) is 10.2. The van der Waals surface area contributed by atoms with Gasteiger partial charge in [-0.1, -0.05) is 60.7 Å². The predicted molar refractivity (Wildman–Crippen MR) is 128 cm³/mol. The molecule has 0 saturated carbocycles. The molecule has 4 nitrogen and oxygen atoms in total. The fourth-order valence-corrected chi connectivity index (χ4v) is 4.04. The van der Waals surface area contributed by atoms with Gasteiger partial charge >= 0.3 is 0 Å². The molecule has 0 saturated heterocycles. The number of nitrogens with zero attached hydrogens (tertiary/aromatic N) is 3. The summed E-state index contributed by atoms with van der Waals surface area (Å²) in [5.41, 5.74) is 6.89. The van der Waals surface area contributed by atoms with E-state index in [0.29, 0.717) is 0 Å². The van der Waals surface area contributed by atoms with Crippen molar-refractivity contribution in [3.05, 3.63) is 109 Å². The number of pyridine rings is 1. The van der Waals surface area contributed by atoms with Gasteiger partial charge in [0.05, 0.1) is 22.1 Å². The molecule has 146 valence electrons. The molecule has 5 aromatic rings. The van der Waals surface area contributed by atoms with Gasteiger partial charge in [-0.05, 0) is 42.0 Å². The van der Waals surface area contributed by atoms with E-state index in [4.69, 9.17) is 9.97 Å². The molecule has 0 radical (unpaired) electrons. The molecule has 0 atom stereocenters. The summed E-state index contributed by atoms with van der Waals surface area (Å²) in [5, 5.41) is 2.25. The van der Waals surface area contributed by atoms with Gasteiger partial charge in [0, 0.05) is 22.5 Å². The van der Waals surface area contributed by atoms with E-state index < -0.39 is 0 Å². The van der Waals surface area contributed by atoms with Crippen LogP contribution in [0, 0.1) is 0 Å². The van der Waals surface area contributed by atoms with Crippen LogP contribution in [0.4, 0.5) is 0 Å². The van der Waals surface area contributed by atoms with E-state index in [1.165, 1.54) is 0 Å². The zero-order chi connectivity index (χ0) is 20.6. The molecule has 0 bridgehead atoms. The maximum atomic E-state index is 4.94. The molecule has 4 heteroatoms. The van der Waals surface area contributed by atoms with Crippen molar-refractivity contribution in [1.29, 1.82) is 0 Å². The summed E-state index contributed by atoms with van der Waals surface area (Å²) in [6.07, 6.45) is 11.6. The van der Waals surface area contributed by atoms with E-state index in [-0.39, 0.29) is 0 Å². The lowest BCUT2D eigenvalue weighted by atomic mass is 9.98. The highest BCUT2D eigenvalue weighted by Crippen LogP contribution is 2.34. The van der Waals surface area contributed by atoms with Crippen LogP contribution < -0.4 is 0 Å². The molecule has 2 aromatic heterocycles. The molecule has 0 fully saturated rings. The predicted octanol–water partition coefficient (Wildman–Crippen LogP) is 6.36. The summed E-state index contributed by atoms with van der Waals surface area (Å²) in [6.45, 7) is 0. The van der Waals surface area contributed by atoms with Crippen molar-refractivity contribution in [2.45, 2.75) is 0 Å². The van der Waals surface area contributed by atoms with Gasteiger partial charge in [-0.2, -0.15) is 0 Å². The Morgan fingerprint density at radius 2 is 1.52 bits per heavy atom. The molecule has 1 aliphatic rings. The highest BCUT2D eigenvalue weighted by atomic mass is 14.9. The van der Waals surface area contributed by atoms with Gasteiger partial charge in [0.15, 0.2) is 5.82 Å². The van der Waals surface area contributed by atoms with Crippen LogP contribution in [0.5, 0.6) is 0 Å². The summed E-state index contributed by atoms with van der Waals surface area (Å²) in [7, 11) is 0. The number of para-hydroxylation sites is 2. The highest BCUT2D eigenvalue weighted by Gasteiger charge is 2.14. The van der Waals surface area contributed by atoms with Crippen molar-refractivity contribution in [1.82, 2.24) is 15.0 Å². The second-order valence-electron chi connectivity index (χ2n) is 7.44. The average Bonchev–Trinajstić information content (AvgIpc) is 3.21. The number of hydrogen-bond donors (Lipinski definition) is 1. The van der Waals surface area contributed by atoms with Crippen molar-refractivity contribution in [2.24, 2.45) is 4.99 Å². The Labute approximate surface area is 179 Å². The molecular formula is C27H18N4. The second kappa shape index (κ2) is 7.18. The topological polar surface area (TPSA) is 53.9 Å². The molecule has 0 spiro atoms. The first kappa shape index (κ1) is 17.5. The number of hydrogen-bond acceptors (Lipinski definition) is 3. The molecular weight excluding hydrogens is 380 g/mol. The van der Waals surface area contributed by atoms with Gasteiger partial charge in [0.2, 0.25) is 0 Å². The Morgan fingerprint density at radius 3 is 2.52 bits per heavy atom. The van der Waals surface area contributed by atoms with Crippen molar-refractivity contribution in [3.63, 3.8) is 0 Å². The molecule has 3 heterocycles. The third kappa shape index (κ3) is 3.06. The Kier molecular flexibility index (Phi) is 4.06. The standard InChI is InChI=1S/C27H18N4/c1-2-6-16-28-25(13-3-1)27-30-24-15-8-11-20(26(24)31-27)19-10-7-14-23-21(19)17-18-9-4-5-12-22(18)29-23/h1-17H,(H,30,31)/b2-1-,3-1?,6-2?,13-3-,16-6-,25-13?,28-16?,28-25+. The van der Waals surface area contributed by atoms with Gasteiger partial charge in [-0.25, -0.2) is 9.97 Å². The van der Waals surface area contributed by atoms with Crippen LogP contribution in [-0.2, 0) is 0 Å². The molecule has 1 N–H and O–H groups in total. The number of nitrogens with one attached hydrogen (secondary N) is 1. The zero-order valence-corrected chi connectivity index (χ0v) is 16.7. The van der Waals surface area contributed by atoms with E-state index in [1.807, 2.05) is 42.5 Å². The van der Waals surface area contributed by atoms with Crippen molar-refractivity contribution >= 4 is 38.6 Å². The van der Waals surface area contributed by atoms with Crippen LogP contribution in [0.1, 0.15) is 5.82 Å². The van der Waals surface area contributed by atoms with Gasteiger partial charge in [0.25, 0.3) is 0 Å². The first-order chi connectivity index (χ1) is 15.4. The monoisotopic (exact) mass is 398 g/mol. The van der Waals surface area contributed by atoms with Crippen LogP contribution in [0.25, 0.3) is 44.0 Å². The minimum atomic E-state index is 0.752. The highest BCUT2D eigenvalue weighted by molar-refractivity contribution is 6.10. The number of H-pyrrole nitrogens is 1. The van der Waals surface area contributed by atoms with Crippen molar-refractivity contribution in [3.8, 4) is 11.1 Å². The van der Waals surface area contributed by atoms with E-state index in [0.717, 1.165) is 55.5 Å². The van der Waals surface area contributed by atoms with Gasteiger partial charge < -0.3 is 4.98 Å². The fraction of sp³-hybridized carbons (Fsp3) is 0. The number of imidazole rings is 1. The van der Waals surface area contributed by atoms with E-state index >= 15 is 0 Å². The zero-order valence-electron chi connectivity index (χ0n) is 16.7. The maximum Gasteiger partial charge on any atom is 0.157 e. The molecule has 3 aromatic carbocycles. The Balaban J connectivity index is 1.57. The minimum absolute atomic E-state index is 0.752. The maximum absolute atomic E-state index is 4.94. The van der Waals surface area contributed by atoms with Crippen LogP contribution >= 0.6 is 0 Å². The number of aliphatic imine (C=N–C) groups is 1. The molecule has 31 heavy (non-hydrogen) atoms. The van der Waals surface area contributed by atoms with Crippen molar-refractivity contribution < 1.29 is 0 Å². The third-order valence-corrected chi connectivity index (χ3v) is 5.49. The number of rotatable bonds is 2. The van der Waals surface area contributed by atoms with Crippen LogP contribution in [0.15, 0.2) is 108 Å². The summed E-state index contributed by atoms with van der Waals surface area (Å²) in [6, 6.07) is 22.9. The molecule has 0 unspecified atom stereocenters. The smallest absolute Gasteiger partial charge is 0.157 e. The van der Waals surface area contributed by atoms with Gasteiger partial charge in [-0.3, -0.25) is 4.99 Å². The van der Waals surface area contributed by atoms with Crippen molar-refractivity contribution in [2.75, 3.05) is 0 Å². The fourth-order valence-electron chi connectivity index (χ4n) is 4.04. The Morgan fingerprint density at radius 1 is 0.677 bits per heavy atom. The quantitative estimate of drug-likeness (QED) is 0.352. The van der Waals surface area contributed by atoms with Crippen LogP contribution in [0.2, 0.25) is 0 Å². The lowest BCUT2D eigenvalue weighted by Crippen LogP contribution is -1.99.